The molecule has 2 heterocycles. The van der Waals surface area contributed by atoms with Gasteiger partial charge < -0.3 is 9.55 Å². The Hall–Kier alpha value is -1.15. The highest BCUT2D eigenvalue weighted by atomic mass is 35.5. The van der Waals surface area contributed by atoms with Gasteiger partial charge in [-0.05, 0) is 12.2 Å². The van der Waals surface area contributed by atoms with Gasteiger partial charge in [-0.1, -0.05) is 11.6 Å². The second-order valence-electron chi connectivity index (χ2n) is 3.60. The SMILES string of the molecule is FC(F)C(F)(F)Cn1c(=S)[nH]c2cncc(Cl)c21. The van der Waals surface area contributed by atoms with Crippen LogP contribution in [0.15, 0.2) is 12.4 Å². The molecule has 98 valence electrons. The predicted octanol–water partition coefficient (Wildman–Crippen LogP) is 3.65. The van der Waals surface area contributed by atoms with Gasteiger partial charge in [0.25, 0.3) is 0 Å². The molecule has 0 saturated carbocycles. The first-order valence-corrected chi connectivity index (χ1v) is 5.49. The van der Waals surface area contributed by atoms with Gasteiger partial charge in [0.2, 0.25) is 0 Å². The number of halogens is 5. The van der Waals surface area contributed by atoms with Crippen LogP contribution in [0.5, 0.6) is 0 Å². The average molecular weight is 300 g/mol. The Labute approximate surface area is 108 Å². The van der Waals surface area contributed by atoms with Crippen LogP contribution in [0.25, 0.3) is 11.0 Å². The van der Waals surface area contributed by atoms with Crippen LogP contribution in [0.3, 0.4) is 0 Å². The predicted molar refractivity (Wildman–Crippen MR) is 60.9 cm³/mol. The fourth-order valence-corrected chi connectivity index (χ4v) is 2.03. The molecule has 18 heavy (non-hydrogen) atoms. The topological polar surface area (TPSA) is 33.6 Å². The van der Waals surface area contributed by atoms with Crippen LogP contribution in [0.4, 0.5) is 17.6 Å². The highest BCUT2D eigenvalue weighted by Gasteiger charge is 2.41. The Morgan fingerprint density at radius 3 is 2.72 bits per heavy atom. The van der Waals surface area contributed by atoms with Gasteiger partial charge >= 0.3 is 12.3 Å². The van der Waals surface area contributed by atoms with Gasteiger partial charge in [-0.25, -0.2) is 8.78 Å². The van der Waals surface area contributed by atoms with Gasteiger partial charge in [0.1, 0.15) is 0 Å². The van der Waals surface area contributed by atoms with Crippen molar-refractivity contribution in [3.8, 4) is 0 Å². The molecule has 9 heteroatoms. The molecule has 2 rings (SSSR count). The minimum atomic E-state index is -4.18. The Morgan fingerprint density at radius 1 is 1.44 bits per heavy atom. The maximum Gasteiger partial charge on any atom is 0.324 e. The fraction of sp³-hybridized carbons (Fsp3) is 0.333. The number of nitrogens with zero attached hydrogens (tertiary/aromatic N) is 2. The molecule has 0 radical (unpaired) electrons. The van der Waals surface area contributed by atoms with Gasteiger partial charge in [-0.3, -0.25) is 4.98 Å². The average Bonchev–Trinajstić information content (AvgIpc) is 2.56. The summed E-state index contributed by atoms with van der Waals surface area (Å²) in [6.45, 7) is -1.24. The molecule has 0 amide bonds. The maximum absolute atomic E-state index is 13.1. The summed E-state index contributed by atoms with van der Waals surface area (Å²) in [6.07, 6.45) is -1.22. The Balaban J connectivity index is 2.58. The lowest BCUT2D eigenvalue weighted by Gasteiger charge is -2.16. The second kappa shape index (κ2) is 4.51. The molecule has 0 atom stereocenters. The van der Waals surface area contributed by atoms with E-state index in [4.69, 9.17) is 23.8 Å². The number of nitrogens with one attached hydrogen (secondary N) is 1. The molecule has 0 bridgehead atoms. The van der Waals surface area contributed by atoms with E-state index in [0.29, 0.717) is 5.52 Å². The number of aromatic nitrogens is 3. The van der Waals surface area contributed by atoms with Crippen molar-refractivity contribution in [1.29, 1.82) is 0 Å². The number of hydrogen-bond donors (Lipinski definition) is 1. The van der Waals surface area contributed by atoms with Crippen molar-refractivity contribution in [3.63, 3.8) is 0 Å². The highest BCUT2D eigenvalue weighted by Crippen LogP contribution is 2.29. The summed E-state index contributed by atoms with van der Waals surface area (Å²) in [5, 5.41) is 0.0601. The molecule has 0 aliphatic carbocycles. The quantitative estimate of drug-likeness (QED) is 0.693. The van der Waals surface area contributed by atoms with Crippen LogP contribution in [0.2, 0.25) is 5.02 Å². The lowest BCUT2D eigenvalue weighted by Crippen LogP contribution is -2.32. The molecule has 2 aromatic rings. The highest BCUT2D eigenvalue weighted by molar-refractivity contribution is 7.71. The molecule has 2 aromatic heterocycles. The van der Waals surface area contributed by atoms with E-state index in [9.17, 15) is 17.6 Å². The standard InChI is InChI=1S/C9H6ClF4N3S/c10-4-1-15-2-5-6(4)17(8(18)16-5)3-9(13,14)7(11)12/h1-2,7H,3H2,(H,16,18). The third-order valence-electron chi connectivity index (χ3n) is 2.32. The summed E-state index contributed by atoms with van der Waals surface area (Å²) >= 11 is 10.6. The monoisotopic (exact) mass is 299 g/mol. The fourth-order valence-electron chi connectivity index (χ4n) is 1.51. The van der Waals surface area contributed by atoms with Crippen molar-refractivity contribution in [3.05, 3.63) is 22.2 Å². The summed E-state index contributed by atoms with van der Waals surface area (Å²) in [4.78, 5) is 6.32. The van der Waals surface area contributed by atoms with Gasteiger partial charge in [-0.2, -0.15) is 8.78 Å². The molecular weight excluding hydrogens is 294 g/mol. The molecule has 0 unspecified atom stereocenters. The number of H-pyrrole nitrogens is 1. The van der Waals surface area contributed by atoms with Gasteiger partial charge in [0.15, 0.2) is 4.77 Å². The van der Waals surface area contributed by atoms with Crippen LogP contribution in [-0.2, 0) is 6.54 Å². The van der Waals surface area contributed by atoms with Crippen molar-refractivity contribution in [2.45, 2.75) is 18.9 Å². The first kappa shape index (κ1) is 13.3. The van der Waals surface area contributed by atoms with E-state index in [2.05, 4.69) is 9.97 Å². The molecule has 0 aliphatic rings. The van der Waals surface area contributed by atoms with Crippen LogP contribution < -0.4 is 0 Å². The summed E-state index contributed by atoms with van der Waals surface area (Å²) < 4.78 is 51.2. The molecule has 1 N–H and O–H groups in total. The van der Waals surface area contributed by atoms with Gasteiger partial charge in [0.05, 0.1) is 28.8 Å². The minimum Gasteiger partial charge on any atom is -0.329 e. The molecule has 0 spiro atoms. The van der Waals surface area contributed by atoms with Crippen molar-refractivity contribution in [2.24, 2.45) is 0 Å². The van der Waals surface area contributed by atoms with Crippen LogP contribution >= 0.6 is 23.8 Å². The summed E-state index contributed by atoms with van der Waals surface area (Å²) in [7, 11) is 0. The van der Waals surface area contributed by atoms with Gasteiger partial charge in [0, 0.05) is 6.20 Å². The first-order chi connectivity index (χ1) is 8.33. The summed E-state index contributed by atoms with van der Waals surface area (Å²) in [6, 6.07) is 0. The number of hydrogen-bond acceptors (Lipinski definition) is 2. The number of aromatic amines is 1. The van der Waals surface area contributed by atoms with Crippen molar-refractivity contribution in [2.75, 3.05) is 0 Å². The normalized spacial score (nSPS) is 12.6. The Kier molecular flexibility index (Phi) is 3.33. The maximum atomic E-state index is 13.1. The third-order valence-corrected chi connectivity index (χ3v) is 2.92. The van der Waals surface area contributed by atoms with E-state index >= 15 is 0 Å². The molecule has 0 aromatic carbocycles. The van der Waals surface area contributed by atoms with Gasteiger partial charge in [-0.15, -0.1) is 0 Å². The Morgan fingerprint density at radius 2 is 2.11 bits per heavy atom. The molecule has 3 nitrogen and oxygen atoms in total. The minimum absolute atomic E-state index is 0.0601. The van der Waals surface area contributed by atoms with E-state index < -0.39 is 18.9 Å². The number of imidazole rings is 1. The smallest absolute Gasteiger partial charge is 0.324 e. The lowest BCUT2D eigenvalue weighted by molar-refractivity contribution is -0.137. The number of pyridine rings is 1. The summed E-state index contributed by atoms with van der Waals surface area (Å²) in [5.41, 5.74) is 0.453. The number of rotatable bonds is 3. The first-order valence-electron chi connectivity index (χ1n) is 4.71. The zero-order valence-electron chi connectivity index (χ0n) is 8.63. The molecular formula is C9H6ClF4N3S. The van der Waals surface area contributed by atoms with Crippen molar-refractivity contribution >= 4 is 34.9 Å². The largest absolute Gasteiger partial charge is 0.329 e. The molecule has 0 fully saturated rings. The molecule has 0 saturated heterocycles. The van der Waals surface area contributed by atoms with E-state index in [1.807, 2.05) is 0 Å². The zero-order valence-corrected chi connectivity index (χ0v) is 10.2. The molecule has 0 aliphatic heterocycles. The van der Waals surface area contributed by atoms with Crippen LogP contribution in [0, 0.1) is 4.77 Å². The number of alkyl halides is 4. The third kappa shape index (κ3) is 2.22. The van der Waals surface area contributed by atoms with E-state index in [-0.39, 0.29) is 15.3 Å². The van der Waals surface area contributed by atoms with E-state index in [1.54, 1.807) is 0 Å². The Bertz CT molecular complexity index is 636. The summed E-state index contributed by atoms with van der Waals surface area (Å²) in [5.74, 6) is -4.18. The van der Waals surface area contributed by atoms with Crippen molar-refractivity contribution in [1.82, 2.24) is 14.5 Å². The van der Waals surface area contributed by atoms with E-state index in [1.165, 1.54) is 12.4 Å². The van der Waals surface area contributed by atoms with Crippen LogP contribution in [0.1, 0.15) is 0 Å². The van der Waals surface area contributed by atoms with Crippen molar-refractivity contribution < 1.29 is 17.6 Å². The van der Waals surface area contributed by atoms with E-state index in [0.717, 1.165) is 4.57 Å². The number of fused-ring (bicyclic) bond motifs is 1. The second-order valence-corrected chi connectivity index (χ2v) is 4.39. The zero-order chi connectivity index (χ0) is 13.5. The lowest BCUT2D eigenvalue weighted by atomic mass is 10.3. The van der Waals surface area contributed by atoms with Crippen LogP contribution in [-0.4, -0.2) is 26.9 Å².